The fraction of sp³-hybridized carbons (Fsp3) is 0.364. The Labute approximate surface area is 120 Å². The molecule has 1 rings (SSSR count). The summed E-state index contributed by atoms with van der Waals surface area (Å²) in [7, 11) is 0. The standard InChI is InChI=1S/C11H14ClN3O3S/c1-11(2,6-16)14-10(19)13-9-5-7(15(17)18)3-4-8(9)12/h3-5,16H,6H2,1-2H3,(H2,13,14,19). The van der Waals surface area contributed by atoms with Gasteiger partial charge in [-0.3, -0.25) is 10.1 Å². The number of non-ortho nitro benzene ring substituents is 1. The number of thiocarbonyl (C=S) groups is 1. The van der Waals surface area contributed by atoms with Gasteiger partial charge in [0.25, 0.3) is 5.69 Å². The summed E-state index contributed by atoms with van der Waals surface area (Å²) in [6.45, 7) is 3.41. The number of aliphatic hydroxyl groups excluding tert-OH is 1. The van der Waals surface area contributed by atoms with Gasteiger partial charge in [0.05, 0.1) is 27.8 Å². The van der Waals surface area contributed by atoms with E-state index >= 15 is 0 Å². The summed E-state index contributed by atoms with van der Waals surface area (Å²) in [4.78, 5) is 10.2. The number of halogens is 1. The molecule has 0 radical (unpaired) electrons. The molecule has 0 aliphatic rings. The Bertz CT molecular complexity index is 508. The van der Waals surface area contributed by atoms with Gasteiger partial charge in [-0.1, -0.05) is 11.6 Å². The third-order valence-electron chi connectivity index (χ3n) is 2.26. The van der Waals surface area contributed by atoms with Gasteiger partial charge in [-0.15, -0.1) is 0 Å². The first-order valence-electron chi connectivity index (χ1n) is 5.39. The molecule has 0 aromatic heterocycles. The van der Waals surface area contributed by atoms with Crippen LogP contribution in [0.25, 0.3) is 0 Å². The zero-order valence-electron chi connectivity index (χ0n) is 10.4. The molecule has 0 saturated carbocycles. The van der Waals surface area contributed by atoms with E-state index in [1.54, 1.807) is 13.8 Å². The van der Waals surface area contributed by atoms with Gasteiger partial charge in [0.1, 0.15) is 0 Å². The number of aliphatic hydroxyl groups is 1. The number of nitro groups is 1. The maximum atomic E-state index is 10.7. The minimum Gasteiger partial charge on any atom is -0.394 e. The summed E-state index contributed by atoms with van der Waals surface area (Å²) in [6.07, 6.45) is 0. The van der Waals surface area contributed by atoms with Crippen LogP contribution >= 0.6 is 23.8 Å². The molecule has 104 valence electrons. The van der Waals surface area contributed by atoms with E-state index in [0.717, 1.165) is 0 Å². The van der Waals surface area contributed by atoms with Crippen molar-refractivity contribution in [1.29, 1.82) is 0 Å². The number of nitrogens with zero attached hydrogens (tertiary/aromatic N) is 1. The third-order valence-corrected chi connectivity index (χ3v) is 2.79. The summed E-state index contributed by atoms with van der Waals surface area (Å²) < 4.78 is 0. The highest BCUT2D eigenvalue weighted by molar-refractivity contribution is 7.80. The molecule has 3 N–H and O–H groups in total. The quantitative estimate of drug-likeness (QED) is 0.449. The van der Waals surface area contributed by atoms with Gasteiger partial charge in [0.15, 0.2) is 5.11 Å². The Morgan fingerprint density at radius 2 is 2.21 bits per heavy atom. The molecule has 0 bridgehead atoms. The number of benzene rings is 1. The van der Waals surface area contributed by atoms with Crippen molar-refractivity contribution in [2.24, 2.45) is 0 Å². The van der Waals surface area contributed by atoms with Crippen molar-refractivity contribution in [3.05, 3.63) is 33.3 Å². The van der Waals surface area contributed by atoms with Gasteiger partial charge >= 0.3 is 0 Å². The molecule has 0 fully saturated rings. The number of nitrogens with one attached hydrogen (secondary N) is 2. The first-order valence-corrected chi connectivity index (χ1v) is 6.18. The number of nitro benzene ring substituents is 1. The summed E-state index contributed by atoms with van der Waals surface area (Å²) in [5.74, 6) is 0. The molecule has 0 spiro atoms. The molecule has 1 aromatic rings. The molecule has 0 heterocycles. The largest absolute Gasteiger partial charge is 0.394 e. The summed E-state index contributed by atoms with van der Waals surface area (Å²) >= 11 is 11.0. The second kappa shape index (κ2) is 6.14. The molecule has 0 unspecified atom stereocenters. The van der Waals surface area contributed by atoms with E-state index in [1.165, 1.54) is 18.2 Å². The second-order valence-electron chi connectivity index (χ2n) is 4.54. The Hall–Kier alpha value is -1.44. The van der Waals surface area contributed by atoms with Crippen LogP contribution in [-0.2, 0) is 0 Å². The highest BCUT2D eigenvalue weighted by Gasteiger charge is 2.18. The van der Waals surface area contributed by atoms with Gasteiger partial charge < -0.3 is 15.7 Å². The fourth-order valence-electron chi connectivity index (χ4n) is 1.22. The number of rotatable bonds is 4. The SMILES string of the molecule is CC(C)(CO)NC(=S)Nc1cc([N+](=O)[O-])ccc1Cl. The average Bonchev–Trinajstić information content (AvgIpc) is 2.31. The molecule has 0 saturated heterocycles. The Kier molecular flexibility index (Phi) is 5.04. The Balaban J connectivity index is 2.84. The maximum absolute atomic E-state index is 10.7. The van der Waals surface area contributed by atoms with E-state index in [9.17, 15) is 10.1 Å². The van der Waals surface area contributed by atoms with Crippen LogP contribution in [0.4, 0.5) is 11.4 Å². The predicted octanol–water partition coefficient (Wildman–Crippen LogP) is 2.31. The van der Waals surface area contributed by atoms with Crippen LogP contribution in [0, 0.1) is 10.1 Å². The Morgan fingerprint density at radius 3 is 2.74 bits per heavy atom. The van der Waals surface area contributed by atoms with E-state index < -0.39 is 10.5 Å². The maximum Gasteiger partial charge on any atom is 0.271 e. The molecular formula is C11H14ClN3O3S. The lowest BCUT2D eigenvalue weighted by molar-refractivity contribution is -0.384. The van der Waals surface area contributed by atoms with Gasteiger partial charge in [0.2, 0.25) is 0 Å². The molecule has 0 aliphatic heterocycles. The monoisotopic (exact) mass is 303 g/mol. The summed E-state index contributed by atoms with van der Waals surface area (Å²) in [6, 6.07) is 4.02. The van der Waals surface area contributed by atoms with E-state index in [-0.39, 0.29) is 17.4 Å². The lowest BCUT2D eigenvalue weighted by atomic mass is 10.1. The highest BCUT2D eigenvalue weighted by Crippen LogP contribution is 2.26. The number of anilines is 1. The van der Waals surface area contributed by atoms with Crippen molar-refractivity contribution in [3.63, 3.8) is 0 Å². The van der Waals surface area contributed by atoms with Crippen molar-refractivity contribution in [2.75, 3.05) is 11.9 Å². The lowest BCUT2D eigenvalue weighted by Gasteiger charge is -2.25. The average molecular weight is 304 g/mol. The van der Waals surface area contributed by atoms with Gasteiger partial charge in [-0.25, -0.2) is 0 Å². The first kappa shape index (κ1) is 15.6. The van der Waals surface area contributed by atoms with Crippen LogP contribution in [0.15, 0.2) is 18.2 Å². The molecular weight excluding hydrogens is 290 g/mol. The van der Waals surface area contributed by atoms with E-state index in [1.807, 2.05) is 0 Å². The van der Waals surface area contributed by atoms with Crippen LogP contribution in [0.5, 0.6) is 0 Å². The molecule has 6 nitrogen and oxygen atoms in total. The van der Waals surface area contributed by atoms with Crippen LogP contribution in [0.2, 0.25) is 5.02 Å². The summed E-state index contributed by atoms with van der Waals surface area (Å²) in [5, 5.41) is 26.0. The van der Waals surface area contributed by atoms with Crippen LogP contribution in [-0.4, -0.2) is 27.3 Å². The van der Waals surface area contributed by atoms with Crippen LogP contribution in [0.3, 0.4) is 0 Å². The first-order chi connectivity index (χ1) is 8.75. The molecule has 0 amide bonds. The van der Waals surface area contributed by atoms with Crippen molar-refractivity contribution in [1.82, 2.24) is 5.32 Å². The minimum absolute atomic E-state index is 0.0869. The predicted molar refractivity (Wildman–Crippen MR) is 78.6 cm³/mol. The van der Waals surface area contributed by atoms with E-state index in [0.29, 0.717) is 10.7 Å². The topological polar surface area (TPSA) is 87.4 Å². The van der Waals surface area contributed by atoms with Crippen LogP contribution < -0.4 is 10.6 Å². The number of hydrogen-bond acceptors (Lipinski definition) is 4. The van der Waals surface area contributed by atoms with Crippen molar-refractivity contribution in [2.45, 2.75) is 19.4 Å². The normalized spacial score (nSPS) is 10.9. The van der Waals surface area contributed by atoms with Gasteiger partial charge in [0, 0.05) is 12.1 Å². The third kappa shape index (κ3) is 4.62. The van der Waals surface area contributed by atoms with Gasteiger partial charge in [-0.2, -0.15) is 0 Å². The summed E-state index contributed by atoms with van der Waals surface area (Å²) in [5.41, 5.74) is -0.352. The molecule has 0 atom stereocenters. The van der Waals surface area contributed by atoms with Crippen LogP contribution in [0.1, 0.15) is 13.8 Å². The van der Waals surface area contributed by atoms with E-state index in [2.05, 4.69) is 10.6 Å². The minimum atomic E-state index is -0.600. The van der Waals surface area contributed by atoms with Gasteiger partial charge in [-0.05, 0) is 32.1 Å². The smallest absolute Gasteiger partial charge is 0.271 e. The van der Waals surface area contributed by atoms with E-state index in [4.69, 9.17) is 28.9 Å². The molecule has 8 heteroatoms. The fourth-order valence-corrected chi connectivity index (χ4v) is 1.77. The molecule has 19 heavy (non-hydrogen) atoms. The zero-order chi connectivity index (χ0) is 14.6. The number of hydrogen-bond donors (Lipinski definition) is 3. The Morgan fingerprint density at radius 1 is 1.58 bits per heavy atom. The molecule has 1 aromatic carbocycles. The zero-order valence-corrected chi connectivity index (χ0v) is 12.0. The molecule has 0 aliphatic carbocycles. The highest BCUT2D eigenvalue weighted by atomic mass is 35.5. The lowest BCUT2D eigenvalue weighted by Crippen LogP contribution is -2.48. The van der Waals surface area contributed by atoms with Crippen molar-refractivity contribution < 1.29 is 10.0 Å². The second-order valence-corrected chi connectivity index (χ2v) is 5.36. The van der Waals surface area contributed by atoms with Crippen molar-refractivity contribution in [3.8, 4) is 0 Å². The van der Waals surface area contributed by atoms with Crippen molar-refractivity contribution >= 4 is 40.3 Å².